The number of carboxylic acids is 1. The van der Waals surface area contributed by atoms with Crippen LogP contribution in [0.1, 0.15) is 93.8 Å². The van der Waals surface area contributed by atoms with Crippen molar-refractivity contribution in [2.75, 3.05) is 0 Å². The van der Waals surface area contributed by atoms with E-state index in [1.165, 1.54) is 32.1 Å². The molecule has 0 saturated heterocycles. The summed E-state index contributed by atoms with van der Waals surface area (Å²) >= 11 is 8.47. The van der Waals surface area contributed by atoms with Gasteiger partial charge in [0.05, 0.1) is 22.2 Å². The molecule has 204 valence electrons. The topological polar surface area (TPSA) is 97.4 Å². The number of primary amides is 1. The van der Waals surface area contributed by atoms with Gasteiger partial charge >= 0.3 is 5.97 Å². The molecule has 0 radical (unpaired) electrons. The maximum Gasteiger partial charge on any atom is 0.306 e. The van der Waals surface area contributed by atoms with Gasteiger partial charge in [-0.2, -0.15) is 0 Å². The third-order valence-corrected chi connectivity index (χ3v) is 9.20. The van der Waals surface area contributed by atoms with Crippen LogP contribution in [-0.4, -0.2) is 27.1 Å². The molecule has 2 aliphatic rings. The fourth-order valence-electron chi connectivity index (χ4n) is 4.82. The molecule has 1 heterocycles. The molecule has 0 bridgehead atoms. The second kappa shape index (κ2) is 12.7. The molecule has 8 heteroatoms. The average Bonchev–Trinajstić information content (AvgIpc) is 3.10. The molecule has 37 heavy (non-hydrogen) atoms. The van der Waals surface area contributed by atoms with Gasteiger partial charge in [0.15, 0.2) is 0 Å². The number of rotatable bonds is 7. The standard InChI is InChI=1S/C24H34ClN3OS.C5H8O2/c1-15-21(30-27-24(3,4)5)12-11-18(22(15)25)20-13-19(23(26)29)16(2)28(20)14-17-9-7-6-8-10-17;6-5(7)4-2-1-3-4/h11-13,17,27H,6-10,14H2,1-5H3,(H2,26,29);4H,1-3H2,(H,6,7). The summed E-state index contributed by atoms with van der Waals surface area (Å²) < 4.78 is 5.71. The summed E-state index contributed by atoms with van der Waals surface area (Å²) in [5.74, 6) is -0.369. The minimum atomic E-state index is -0.619. The van der Waals surface area contributed by atoms with E-state index in [9.17, 15) is 9.59 Å². The lowest BCUT2D eigenvalue weighted by atomic mass is 9.86. The number of amides is 1. The molecule has 1 aromatic heterocycles. The minimum absolute atomic E-state index is 0.000000000000000444. The molecule has 2 fully saturated rings. The molecule has 2 aliphatic carbocycles. The lowest BCUT2D eigenvalue weighted by Crippen LogP contribution is -2.29. The number of aromatic nitrogens is 1. The Bertz CT molecular complexity index is 1110. The SMILES string of the molecule is Cc1c(SNC(C)(C)C)ccc(-c2cc(C(N)=O)c(C)n2CC2CCCCC2)c1Cl.O=C(O)C1CCC1. The van der Waals surface area contributed by atoms with Gasteiger partial charge in [0.1, 0.15) is 0 Å². The number of nitrogens with one attached hydrogen (secondary N) is 1. The van der Waals surface area contributed by atoms with Crippen molar-refractivity contribution in [2.45, 2.75) is 103 Å². The van der Waals surface area contributed by atoms with Crippen molar-refractivity contribution < 1.29 is 14.7 Å². The van der Waals surface area contributed by atoms with Crippen LogP contribution < -0.4 is 10.5 Å². The van der Waals surface area contributed by atoms with Gasteiger partial charge in [-0.25, -0.2) is 0 Å². The second-order valence-corrected chi connectivity index (χ2v) is 12.7. The summed E-state index contributed by atoms with van der Waals surface area (Å²) in [4.78, 5) is 23.1. The van der Waals surface area contributed by atoms with Gasteiger partial charge < -0.3 is 15.4 Å². The third-order valence-electron chi connectivity index (χ3n) is 7.33. The van der Waals surface area contributed by atoms with Crippen LogP contribution in [0.4, 0.5) is 0 Å². The zero-order valence-electron chi connectivity index (χ0n) is 22.8. The van der Waals surface area contributed by atoms with Crippen LogP contribution in [0.5, 0.6) is 0 Å². The van der Waals surface area contributed by atoms with E-state index in [1.807, 2.05) is 13.0 Å². The molecule has 1 amide bonds. The Kier molecular flexibility index (Phi) is 10.2. The highest BCUT2D eigenvalue weighted by molar-refractivity contribution is 7.97. The molecule has 1 aromatic carbocycles. The van der Waals surface area contributed by atoms with Crippen LogP contribution in [-0.2, 0) is 11.3 Å². The fourth-order valence-corrected chi connectivity index (χ4v) is 5.94. The van der Waals surface area contributed by atoms with E-state index < -0.39 is 5.97 Å². The Morgan fingerprint density at radius 1 is 1.11 bits per heavy atom. The summed E-state index contributed by atoms with van der Waals surface area (Å²) in [6, 6.07) is 6.09. The van der Waals surface area contributed by atoms with Crippen molar-refractivity contribution in [3.63, 3.8) is 0 Å². The van der Waals surface area contributed by atoms with Crippen molar-refractivity contribution in [1.29, 1.82) is 0 Å². The van der Waals surface area contributed by atoms with Crippen molar-refractivity contribution >= 4 is 35.4 Å². The summed E-state index contributed by atoms with van der Waals surface area (Å²) in [5, 5.41) is 8.96. The highest BCUT2D eigenvalue weighted by Crippen LogP contribution is 2.38. The number of carboxylic acid groups (broad SMARTS) is 1. The first kappa shape index (κ1) is 29.6. The predicted molar refractivity (Wildman–Crippen MR) is 153 cm³/mol. The van der Waals surface area contributed by atoms with E-state index in [4.69, 9.17) is 22.4 Å². The number of halogens is 1. The number of carbonyl (C=O) groups excluding carboxylic acids is 1. The fraction of sp³-hybridized carbons (Fsp3) is 0.586. The summed E-state index contributed by atoms with van der Waals surface area (Å²) in [5.41, 5.74) is 10.2. The molecule has 2 saturated carbocycles. The molecular weight excluding hydrogens is 506 g/mol. The van der Waals surface area contributed by atoms with Gasteiger partial charge in [0.25, 0.3) is 5.91 Å². The van der Waals surface area contributed by atoms with Gasteiger partial charge in [-0.05, 0) is 95.9 Å². The Morgan fingerprint density at radius 2 is 1.76 bits per heavy atom. The maximum absolute atomic E-state index is 12.1. The lowest BCUT2D eigenvalue weighted by molar-refractivity contribution is -0.144. The smallest absolute Gasteiger partial charge is 0.306 e. The van der Waals surface area contributed by atoms with E-state index in [1.54, 1.807) is 11.9 Å². The molecule has 0 unspecified atom stereocenters. The monoisotopic (exact) mass is 547 g/mol. The first-order valence-corrected chi connectivity index (χ1v) is 14.5. The highest BCUT2D eigenvalue weighted by Gasteiger charge is 2.24. The van der Waals surface area contributed by atoms with Gasteiger partial charge in [0, 0.05) is 28.2 Å². The number of hydrogen-bond donors (Lipinski definition) is 3. The molecule has 6 nitrogen and oxygen atoms in total. The van der Waals surface area contributed by atoms with Crippen LogP contribution in [0.15, 0.2) is 23.1 Å². The predicted octanol–water partition coefficient (Wildman–Crippen LogP) is 7.37. The third kappa shape index (κ3) is 7.78. The molecule has 0 atom stereocenters. The summed E-state index contributed by atoms with van der Waals surface area (Å²) in [7, 11) is 0. The number of nitrogens with two attached hydrogens (primary N) is 1. The first-order valence-electron chi connectivity index (χ1n) is 13.3. The van der Waals surface area contributed by atoms with E-state index in [2.05, 4.69) is 49.1 Å². The first-order chi connectivity index (χ1) is 17.4. The van der Waals surface area contributed by atoms with Crippen molar-refractivity contribution in [1.82, 2.24) is 9.29 Å². The molecule has 2 aromatic rings. The number of carbonyl (C=O) groups is 2. The molecular formula is C29H42ClN3O3S. The maximum atomic E-state index is 12.1. The van der Waals surface area contributed by atoms with Gasteiger partial charge in [-0.15, -0.1) is 0 Å². The normalized spacial score (nSPS) is 16.6. The average molecular weight is 548 g/mol. The molecule has 0 spiro atoms. The van der Waals surface area contributed by atoms with Crippen molar-refractivity contribution in [2.24, 2.45) is 17.6 Å². The van der Waals surface area contributed by atoms with E-state index in [-0.39, 0.29) is 17.4 Å². The zero-order valence-corrected chi connectivity index (χ0v) is 24.4. The summed E-state index contributed by atoms with van der Waals surface area (Å²) in [6.07, 6.45) is 9.29. The van der Waals surface area contributed by atoms with Crippen molar-refractivity contribution in [3.05, 3.63) is 40.0 Å². The van der Waals surface area contributed by atoms with Crippen LogP contribution in [0.25, 0.3) is 11.3 Å². The van der Waals surface area contributed by atoms with Crippen LogP contribution in [0, 0.1) is 25.7 Å². The molecule has 4 N–H and O–H groups in total. The highest BCUT2D eigenvalue weighted by atomic mass is 35.5. The number of nitrogens with zero attached hydrogens (tertiary/aromatic N) is 1. The number of benzene rings is 1. The lowest BCUT2D eigenvalue weighted by Gasteiger charge is -2.25. The largest absolute Gasteiger partial charge is 0.481 e. The molecule has 0 aliphatic heterocycles. The van der Waals surface area contributed by atoms with E-state index in [0.717, 1.165) is 58.2 Å². The number of aliphatic carboxylic acids is 1. The quantitative estimate of drug-likeness (QED) is 0.314. The molecule has 4 rings (SSSR count). The van der Waals surface area contributed by atoms with Crippen LogP contribution >= 0.6 is 23.5 Å². The van der Waals surface area contributed by atoms with E-state index in [0.29, 0.717) is 11.5 Å². The van der Waals surface area contributed by atoms with Crippen LogP contribution in [0.2, 0.25) is 5.02 Å². The Morgan fingerprint density at radius 3 is 2.24 bits per heavy atom. The van der Waals surface area contributed by atoms with Gasteiger partial charge in [0.2, 0.25) is 0 Å². The summed E-state index contributed by atoms with van der Waals surface area (Å²) in [6.45, 7) is 11.4. The minimum Gasteiger partial charge on any atom is -0.481 e. The Balaban J connectivity index is 0.000000468. The van der Waals surface area contributed by atoms with Crippen molar-refractivity contribution in [3.8, 4) is 11.3 Å². The zero-order chi connectivity index (χ0) is 27.3. The Hall–Kier alpha value is -1.96. The second-order valence-electron chi connectivity index (χ2n) is 11.5. The van der Waals surface area contributed by atoms with Crippen LogP contribution in [0.3, 0.4) is 0 Å². The Labute approximate surface area is 230 Å². The van der Waals surface area contributed by atoms with Gasteiger partial charge in [-0.1, -0.05) is 43.4 Å². The van der Waals surface area contributed by atoms with E-state index >= 15 is 0 Å². The number of hydrogen-bond acceptors (Lipinski definition) is 4. The van der Waals surface area contributed by atoms with Gasteiger partial charge in [-0.3, -0.25) is 14.3 Å².